The molecule has 0 spiro atoms. The highest BCUT2D eigenvalue weighted by atomic mass is 35.5. The summed E-state index contributed by atoms with van der Waals surface area (Å²) in [6.07, 6.45) is 0. The minimum absolute atomic E-state index is 0. The number of nitrogens with one attached hydrogen (secondary N) is 1. The van der Waals surface area contributed by atoms with Gasteiger partial charge in [0.15, 0.2) is 0 Å². The molecule has 1 rings (SSSR count). The molecule has 0 aliphatic carbocycles. The Morgan fingerprint density at radius 1 is 1.36 bits per heavy atom. The summed E-state index contributed by atoms with van der Waals surface area (Å²) in [5.41, 5.74) is 0.914. The molecule has 1 unspecified atom stereocenters. The average molecular weight is 216 g/mol. The number of carbonyl (C=O) groups is 1. The number of ether oxygens (including phenoxy) is 1. The van der Waals surface area contributed by atoms with Gasteiger partial charge < -0.3 is 10.1 Å². The predicted octanol–water partition coefficient (Wildman–Crippen LogP) is 1.54. The molecule has 0 heterocycles. The van der Waals surface area contributed by atoms with Gasteiger partial charge in [-0.1, -0.05) is 30.3 Å². The Balaban J connectivity index is 0.00000169. The lowest BCUT2D eigenvalue weighted by atomic mass is 10.1. The molecule has 0 amide bonds. The van der Waals surface area contributed by atoms with Crippen LogP contribution in [0.1, 0.15) is 11.6 Å². The first-order valence-electron chi connectivity index (χ1n) is 4.09. The van der Waals surface area contributed by atoms with Crippen LogP contribution in [0.2, 0.25) is 0 Å². The van der Waals surface area contributed by atoms with Gasteiger partial charge in [0, 0.05) is 0 Å². The highest BCUT2D eigenvalue weighted by Crippen LogP contribution is 2.12. The number of likely N-dealkylation sites (N-methyl/N-ethyl adjacent to an activating group) is 1. The second-order valence-electron chi connectivity index (χ2n) is 2.66. The number of hydrogen-bond donors (Lipinski definition) is 1. The molecule has 1 aromatic rings. The Bertz CT molecular complexity index is 277. The van der Waals surface area contributed by atoms with Crippen molar-refractivity contribution in [2.24, 2.45) is 0 Å². The first kappa shape index (κ1) is 12.9. The lowest BCUT2D eigenvalue weighted by Gasteiger charge is -2.13. The third kappa shape index (κ3) is 3.01. The molecule has 78 valence electrons. The van der Waals surface area contributed by atoms with E-state index in [9.17, 15) is 4.79 Å². The Kier molecular flexibility index (Phi) is 5.92. The van der Waals surface area contributed by atoms with Gasteiger partial charge >= 0.3 is 5.97 Å². The molecule has 14 heavy (non-hydrogen) atoms. The summed E-state index contributed by atoms with van der Waals surface area (Å²) in [4.78, 5) is 11.3. The van der Waals surface area contributed by atoms with Crippen LogP contribution in [-0.2, 0) is 9.53 Å². The van der Waals surface area contributed by atoms with E-state index >= 15 is 0 Å². The first-order chi connectivity index (χ1) is 6.29. The van der Waals surface area contributed by atoms with Gasteiger partial charge in [-0.2, -0.15) is 0 Å². The molecule has 1 N–H and O–H groups in total. The van der Waals surface area contributed by atoms with Gasteiger partial charge in [-0.05, 0) is 12.6 Å². The Morgan fingerprint density at radius 2 is 1.93 bits per heavy atom. The molecule has 4 heteroatoms. The van der Waals surface area contributed by atoms with Crippen molar-refractivity contribution in [2.45, 2.75) is 6.04 Å². The van der Waals surface area contributed by atoms with Crippen molar-refractivity contribution in [3.8, 4) is 0 Å². The summed E-state index contributed by atoms with van der Waals surface area (Å²) in [7, 11) is 3.12. The van der Waals surface area contributed by atoms with E-state index in [1.165, 1.54) is 7.11 Å². The molecule has 1 aromatic carbocycles. The summed E-state index contributed by atoms with van der Waals surface area (Å²) in [6, 6.07) is 9.10. The van der Waals surface area contributed by atoms with Gasteiger partial charge in [-0.25, -0.2) is 4.79 Å². The van der Waals surface area contributed by atoms with E-state index in [0.29, 0.717) is 0 Å². The highest BCUT2D eigenvalue weighted by Gasteiger charge is 2.17. The molecule has 0 saturated heterocycles. The molecule has 0 fully saturated rings. The maximum absolute atomic E-state index is 11.3. The van der Waals surface area contributed by atoms with Crippen LogP contribution in [0.15, 0.2) is 30.3 Å². The largest absolute Gasteiger partial charge is 0.468 e. The van der Waals surface area contributed by atoms with Gasteiger partial charge in [0.2, 0.25) is 0 Å². The summed E-state index contributed by atoms with van der Waals surface area (Å²) in [5.74, 6) is -0.270. The van der Waals surface area contributed by atoms with Crippen molar-refractivity contribution in [3.63, 3.8) is 0 Å². The summed E-state index contributed by atoms with van der Waals surface area (Å²) in [6.45, 7) is 0. The molecule has 0 radical (unpaired) electrons. The minimum Gasteiger partial charge on any atom is -0.468 e. The lowest BCUT2D eigenvalue weighted by Crippen LogP contribution is -2.26. The standard InChI is InChI=1S/C10H13NO2.ClH/c1-11-9(10(12)13-2)8-6-4-3-5-7-8;/h3-7,9,11H,1-2H3;1H. The zero-order chi connectivity index (χ0) is 9.68. The van der Waals surface area contributed by atoms with E-state index in [2.05, 4.69) is 10.1 Å². The molecule has 0 bridgehead atoms. The Labute approximate surface area is 89.9 Å². The van der Waals surface area contributed by atoms with Crippen molar-refractivity contribution in [3.05, 3.63) is 35.9 Å². The summed E-state index contributed by atoms with van der Waals surface area (Å²) in [5, 5.41) is 2.89. The monoisotopic (exact) mass is 215 g/mol. The normalized spacial score (nSPS) is 11.3. The average Bonchev–Trinajstić information content (AvgIpc) is 2.20. The SMILES string of the molecule is CNC(C(=O)OC)c1ccccc1.Cl. The molecule has 0 aliphatic heterocycles. The smallest absolute Gasteiger partial charge is 0.327 e. The number of rotatable bonds is 3. The number of halogens is 1. The molecule has 0 saturated carbocycles. The van der Waals surface area contributed by atoms with Gasteiger partial charge in [0.05, 0.1) is 7.11 Å². The van der Waals surface area contributed by atoms with Crippen molar-refractivity contribution in [1.82, 2.24) is 5.32 Å². The molecule has 1 atom stereocenters. The molecular weight excluding hydrogens is 202 g/mol. The Morgan fingerprint density at radius 3 is 2.36 bits per heavy atom. The van der Waals surface area contributed by atoms with Gasteiger partial charge in [-0.3, -0.25) is 0 Å². The van der Waals surface area contributed by atoms with Crippen LogP contribution in [0.4, 0.5) is 0 Å². The van der Waals surface area contributed by atoms with Crippen LogP contribution in [0, 0.1) is 0 Å². The number of carbonyl (C=O) groups excluding carboxylic acids is 1. The fourth-order valence-corrected chi connectivity index (χ4v) is 1.18. The van der Waals surface area contributed by atoms with Crippen LogP contribution in [0.5, 0.6) is 0 Å². The van der Waals surface area contributed by atoms with E-state index in [1.54, 1.807) is 7.05 Å². The topological polar surface area (TPSA) is 38.3 Å². The van der Waals surface area contributed by atoms with Crippen molar-refractivity contribution >= 4 is 18.4 Å². The van der Waals surface area contributed by atoms with Crippen molar-refractivity contribution in [1.29, 1.82) is 0 Å². The van der Waals surface area contributed by atoms with Crippen molar-refractivity contribution in [2.75, 3.05) is 14.2 Å². The molecular formula is C10H14ClNO2. The summed E-state index contributed by atoms with van der Waals surface area (Å²) >= 11 is 0. The van der Waals surface area contributed by atoms with Gasteiger partial charge in [-0.15, -0.1) is 12.4 Å². The molecule has 0 aromatic heterocycles. The zero-order valence-corrected chi connectivity index (χ0v) is 9.01. The van der Waals surface area contributed by atoms with E-state index in [0.717, 1.165) is 5.56 Å². The van der Waals surface area contributed by atoms with Crippen molar-refractivity contribution < 1.29 is 9.53 Å². The molecule has 0 aliphatic rings. The maximum Gasteiger partial charge on any atom is 0.327 e. The third-order valence-electron chi connectivity index (χ3n) is 1.86. The fourth-order valence-electron chi connectivity index (χ4n) is 1.18. The first-order valence-corrected chi connectivity index (χ1v) is 4.09. The van der Waals surface area contributed by atoms with Crippen LogP contribution in [0.3, 0.4) is 0 Å². The lowest BCUT2D eigenvalue weighted by molar-refractivity contribution is -0.143. The van der Waals surface area contributed by atoms with Crippen LogP contribution in [0.25, 0.3) is 0 Å². The van der Waals surface area contributed by atoms with Gasteiger partial charge in [0.1, 0.15) is 6.04 Å². The number of esters is 1. The predicted molar refractivity (Wildman–Crippen MR) is 57.5 cm³/mol. The van der Waals surface area contributed by atoms with Gasteiger partial charge in [0.25, 0.3) is 0 Å². The Hall–Kier alpha value is -1.06. The maximum atomic E-state index is 11.3. The van der Waals surface area contributed by atoms with E-state index in [1.807, 2.05) is 30.3 Å². The third-order valence-corrected chi connectivity index (χ3v) is 1.86. The zero-order valence-electron chi connectivity index (χ0n) is 8.19. The second-order valence-corrected chi connectivity index (χ2v) is 2.66. The van der Waals surface area contributed by atoms with E-state index < -0.39 is 0 Å². The highest BCUT2D eigenvalue weighted by molar-refractivity contribution is 5.85. The minimum atomic E-state index is -0.369. The molecule has 3 nitrogen and oxygen atoms in total. The quantitative estimate of drug-likeness (QED) is 0.778. The number of hydrogen-bond acceptors (Lipinski definition) is 3. The summed E-state index contributed by atoms with van der Waals surface area (Å²) < 4.78 is 4.66. The van der Waals surface area contributed by atoms with Crippen LogP contribution < -0.4 is 5.32 Å². The fraction of sp³-hybridized carbons (Fsp3) is 0.300. The second kappa shape index (κ2) is 6.40. The number of benzene rings is 1. The number of methoxy groups -OCH3 is 1. The van der Waals surface area contributed by atoms with Crippen LogP contribution in [-0.4, -0.2) is 20.1 Å². The van der Waals surface area contributed by atoms with E-state index in [-0.39, 0.29) is 24.4 Å². The van der Waals surface area contributed by atoms with Crippen LogP contribution >= 0.6 is 12.4 Å². The van der Waals surface area contributed by atoms with E-state index in [4.69, 9.17) is 0 Å².